The average Bonchev–Trinajstić information content (AvgIpc) is 2.73. The van der Waals surface area contributed by atoms with Gasteiger partial charge in [-0.2, -0.15) is 0 Å². The van der Waals surface area contributed by atoms with Gasteiger partial charge in [-0.3, -0.25) is 14.9 Å². The molecule has 0 unspecified atom stereocenters. The van der Waals surface area contributed by atoms with Gasteiger partial charge in [-0.1, -0.05) is 27.7 Å². The molecule has 0 spiro atoms. The van der Waals surface area contributed by atoms with E-state index in [0.717, 1.165) is 0 Å². The molecule has 0 atom stereocenters. The van der Waals surface area contributed by atoms with Gasteiger partial charge in [0.15, 0.2) is 5.11 Å². The lowest BCUT2D eigenvalue weighted by Gasteiger charge is -2.15. The molecule has 0 radical (unpaired) electrons. The summed E-state index contributed by atoms with van der Waals surface area (Å²) in [6.07, 6.45) is 0. The first kappa shape index (κ1) is 24.1. The van der Waals surface area contributed by atoms with E-state index in [-0.39, 0.29) is 22.8 Å². The molecule has 7 nitrogen and oxygen atoms in total. The van der Waals surface area contributed by atoms with Crippen LogP contribution in [0.2, 0.25) is 0 Å². The number of nitrogens with one attached hydrogen (secondary N) is 3. The van der Waals surface area contributed by atoms with Gasteiger partial charge < -0.3 is 20.1 Å². The predicted molar refractivity (Wildman–Crippen MR) is 127 cm³/mol. The van der Waals surface area contributed by atoms with E-state index in [9.17, 15) is 9.59 Å². The van der Waals surface area contributed by atoms with Crippen molar-refractivity contribution >= 4 is 40.5 Å². The quantitative estimate of drug-likeness (QED) is 0.523. The predicted octanol–water partition coefficient (Wildman–Crippen LogP) is 4.45. The highest BCUT2D eigenvalue weighted by Crippen LogP contribution is 2.28. The molecular weight excluding hydrogens is 414 g/mol. The Labute approximate surface area is 188 Å². The van der Waals surface area contributed by atoms with Crippen LogP contribution < -0.4 is 25.4 Å². The zero-order valence-electron chi connectivity index (χ0n) is 18.4. The number of methoxy groups -OCH3 is 1. The zero-order valence-corrected chi connectivity index (χ0v) is 19.3. The largest absolute Gasteiger partial charge is 0.494 e. The third kappa shape index (κ3) is 7.57. The number of hydrogen-bond donors (Lipinski definition) is 3. The van der Waals surface area contributed by atoms with Gasteiger partial charge in [0.05, 0.1) is 19.4 Å². The minimum absolute atomic E-state index is 0.109. The Balaban J connectivity index is 1.97. The molecule has 166 valence electrons. The van der Waals surface area contributed by atoms with E-state index in [2.05, 4.69) is 29.8 Å². The maximum Gasteiger partial charge on any atom is 0.257 e. The van der Waals surface area contributed by atoms with Crippen LogP contribution in [0.4, 0.5) is 11.4 Å². The molecule has 0 saturated carbocycles. The Bertz CT molecular complexity index is 927. The van der Waals surface area contributed by atoms with E-state index in [1.807, 2.05) is 13.8 Å². The van der Waals surface area contributed by atoms with Crippen molar-refractivity contribution < 1.29 is 19.1 Å². The van der Waals surface area contributed by atoms with Gasteiger partial charge >= 0.3 is 0 Å². The number of carbonyl (C=O) groups excluding carboxylic acids is 2. The molecule has 0 heterocycles. The molecule has 31 heavy (non-hydrogen) atoms. The van der Waals surface area contributed by atoms with E-state index in [4.69, 9.17) is 21.7 Å². The Morgan fingerprint density at radius 1 is 1.00 bits per heavy atom. The number of rotatable bonds is 8. The number of benzene rings is 2. The number of amides is 2. The highest BCUT2D eigenvalue weighted by Gasteiger charge is 2.13. The summed E-state index contributed by atoms with van der Waals surface area (Å²) in [5.74, 6) is 1.02. The topological polar surface area (TPSA) is 88.7 Å². The summed E-state index contributed by atoms with van der Waals surface area (Å²) in [5, 5.41) is 8.55. The van der Waals surface area contributed by atoms with Crippen LogP contribution in [0.1, 0.15) is 38.1 Å². The summed E-state index contributed by atoms with van der Waals surface area (Å²) in [7, 11) is 1.51. The summed E-state index contributed by atoms with van der Waals surface area (Å²) in [5.41, 5.74) is 1.63. The van der Waals surface area contributed by atoms with Crippen molar-refractivity contribution in [3.05, 3.63) is 48.0 Å². The Morgan fingerprint density at radius 3 is 2.26 bits per heavy atom. The first-order valence-electron chi connectivity index (χ1n) is 10.0. The van der Waals surface area contributed by atoms with Crippen molar-refractivity contribution in [3.63, 3.8) is 0 Å². The minimum atomic E-state index is -0.333. The van der Waals surface area contributed by atoms with Crippen molar-refractivity contribution in [2.75, 3.05) is 24.4 Å². The summed E-state index contributed by atoms with van der Waals surface area (Å²) in [6, 6.07) is 12.0. The number of thiocarbonyl (C=S) groups is 1. The normalized spacial score (nSPS) is 10.5. The highest BCUT2D eigenvalue weighted by atomic mass is 32.1. The van der Waals surface area contributed by atoms with Crippen LogP contribution in [0.3, 0.4) is 0 Å². The van der Waals surface area contributed by atoms with Crippen molar-refractivity contribution in [2.45, 2.75) is 27.7 Å². The minimum Gasteiger partial charge on any atom is -0.494 e. The summed E-state index contributed by atoms with van der Waals surface area (Å²) < 4.78 is 11.0. The molecule has 3 N–H and O–H groups in total. The number of carbonyl (C=O) groups is 2. The second-order valence-corrected chi connectivity index (χ2v) is 8.10. The molecule has 0 aliphatic rings. The zero-order chi connectivity index (χ0) is 23.0. The summed E-state index contributed by atoms with van der Waals surface area (Å²) >= 11 is 5.25. The van der Waals surface area contributed by atoms with Gasteiger partial charge in [-0.05, 0) is 54.5 Å². The van der Waals surface area contributed by atoms with Gasteiger partial charge in [-0.25, -0.2) is 0 Å². The molecule has 0 fully saturated rings. The van der Waals surface area contributed by atoms with Crippen LogP contribution in [-0.2, 0) is 4.79 Å². The Kier molecular flexibility index (Phi) is 8.81. The highest BCUT2D eigenvalue weighted by molar-refractivity contribution is 7.80. The molecule has 0 aliphatic heterocycles. The van der Waals surface area contributed by atoms with Crippen LogP contribution in [0.15, 0.2) is 42.5 Å². The third-order valence-electron chi connectivity index (χ3n) is 4.17. The molecule has 0 aromatic heterocycles. The molecule has 2 rings (SSSR count). The van der Waals surface area contributed by atoms with E-state index in [1.165, 1.54) is 7.11 Å². The molecule has 0 bridgehead atoms. The molecule has 2 amide bonds. The third-order valence-corrected chi connectivity index (χ3v) is 4.37. The summed E-state index contributed by atoms with van der Waals surface area (Å²) in [6.45, 7) is 8.38. The van der Waals surface area contributed by atoms with Crippen LogP contribution in [0.5, 0.6) is 11.5 Å². The molecule has 0 aliphatic carbocycles. The van der Waals surface area contributed by atoms with E-state index in [0.29, 0.717) is 41.0 Å². The number of anilines is 2. The van der Waals surface area contributed by atoms with Gasteiger partial charge in [0.2, 0.25) is 5.91 Å². The molecule has 8 heteroatoms. The fourth-order valence-corrected chi connectivity index (χ4v) is 2.66. The fraction of sp³-hybridized carbons (Fsp3) is 0.348. The van der Waals surface area contributed by atoms with Crippen molar-refractivity contribution in [1.29, 1.82) is 0 Å². The fourth-order valence-electron chi connectivity index (χ4n) is 2.45. The number of hydrogen-bond acceptors (Lipinski definition) is 5. The SMILES string of the molecule is COc1cc(NC(=S)NC(=O)c2ccc(OCC(C)C)cc2)ccc1NC(=O)C(C)C. The lowest BCUT2D eigenvalue weighted by molar-refractivity contribution is -0.118. The molecule has 2 aromatic rings. The van der Waals surface area contributed by atoms with Gasteiger partial charge in [-0.15, -0.1) is 0 Å². The van der Waals surface area contributed by atoms with Gasteiger partial charge in [0, 0.05) is 23.2 Å². The van der Waals surface area contributed by atoms with Crippen LogP contribution in [0.25, 0.3) is 0 Å². The van der Waals surface area contributed by atoms with Crippen molar-refractivity contribution in [1.82, 2.24) is 5.32 Å². The van der Waals surface area contributed by atoms with Crippen LogP contribution >= 0.6 is 12.2 Å². The Morgan fingerprint density at radius 2 is 1.68 bits per heavy atom. The summed E-state index contributed by atoms with van der Waals surface area (Å²) in [4.78, 5) is 24.4. The van der Waals surface area contributed by atoms with Crippen molar-refractivity contribution in [3.8, 4) is 11.5 Å². The van der Waals surface area contributed by atoms with Crippen LogP contribution in [0, 0.1) is 11.8 Å². The number of ether oxygens (including phenoxy) is 2. The smallest absolute Gasteiger partial charge is 0.257 e. The Hall–Kier alpha value is -3.13. The second-order valence-electron chi connectivity index (χ2n) is 7.70. The molecular formula is C23H29N3O4S. The average molecular weight is 444 g/mol. The van der Waals surface area contributed by atoms with Crippen LogP contribution in [-0.4, -0.2) is 30.6 Å². The maximum absolute atomic E-state index is 12.4. The standard InChI is InChI=1S/C23H29N3O4S/c1-14(2)13-30-18-9-6-16(7-10-18)22(28)26-23(31)24-17-8-11-19(20(12-17)29-5)25-21(27)15(3)4/h6-12,14-15H,13H2,1-5H3,(H,25,27)(H2,24,26,28,31). The second kappa shape index (κ2) is 11.3. The lowest BCUT2D eigenvalue weighted by Crippen LogP contribution is -2.34. The van der Waals surface area contributed by atoms with Gasteiger partial charge in [0.25, 0.3) is 5.91 Å². The first-order valence-corrected chi connectivity index (χ1v) is 10.4. The monoisotopic (exact) mass is 443 g/mol. The van der Waals surface area contributed by atoms with Crippen molar-refractivity contribution in [2.24, 2.45) is 11.8 Å². The van der Waals surface area contributed by atoms with Gasteiger partial charge in [0.1, 0.15) is 11.5 Å². The first-order chi connectivity index (χ1) is 14.7. The maximum atomic E-state index is 12.4. The van der Waals surface area contributed by atoms with E-state index in [1.54, 1.807) is 42.5 Å². The van der Waals surface area contributed by atoms with E-state index >= 15 is 0 Å². The molecule has 0 saturated heterocycles. The lowest BCUT2D eigenvalue weighted by atomic mass is 10.2. The van der Waals surface area contributed by atoms with E-state index < -0.39 is 0 Å². The molecule has 2 aromatic carbocycles.